The number of amides is 1. The zero-order chi connectivity index (χ0) is 20.1. The average Bonchev–Trinajstić information content (AvgIpc) is 3.35. The molecular weight excluding hydrogens is 374 g/mol. The maximum atomic E-state index is 12.5. The highest BCUT2D eigenvalue weighted by Crippen LogP contribution is 2.25. The molecule has 148 valence electrons. The highest BCUT2D eigenvalue weighted by molar-refractivity contribution is 7.13. The summed E-state index contributed by atoms with van der Waals surface area (Å²) in [5, 5.41) is 8.70. The first-order chi connectivity index (χ1) is 13.4. The monoisotopic (exact) mass is 399 g/mol. The van der Waals surface area contributed by atoms with E-state index in [0.717, 1.165) is 4.88 Å². The summed E-state index contributed by atoms with van der Waals surface area (Å²) in [6.45, 7) is 8.56. The molecule has 2 aromatic heterocycles. The van der Waals surface area contributed by atoms with Gasteiger partial charge in [-0.05, 0) is 41.0 Å². The Morgan fingerprint density at radius 1 is 1.25 bits per heavy atom. The maximum Gasteiger partial charge on any atom is 0.261 e. The van der Waals surface area contributed by atoms with Crippen LogP contribution in [-0.2, 0) is 16.8 Å². The molecule has 0 bridgehead atoms. The number of carbonyl (C=O) groups excluding carboxylic acids is 1. The number of thiophene rings is 1. The van der Waals surface area contributed by atoms with Crippen molar-refractivity contribution in [2.45, 2.75) is 52.2 Å². The van der Waals surface area contributed by atoms with Crippen molar-refractivity contribution in [2.24, 2.45) is 0 Å². The lowest BCUT2D eigenvalue weighted by atomic mass is 9.87. The SMILES string of the molecule is CC[C@@H](Oc1ccc(C(C)(C)C)cc1)C(=O)NCc1nc(-c2cccs2)no1. The van der Waals surface area contributed by atoms with E-state index in [4.69, 9.17) is 9.26 Å². The van der Waals surface area contributed by atoms with Crippen LogP contribution in [0.15, 0.2) is 46.3 Å². The number of nitrogens with zero attached hydrogens (tertiary/aromatic N) is 2. The molecule has 3 rings (SSSR count). The molecule has 0 spiro atoms. The summed E-state index contributed by atoms with van der Waals surface area (Å²) < 4.78 is 11.1. The van der Waals surface area contributed by atoms with E-state index >= 15 is 0 Å². The summed E-state index contributed by atoms with van der Waals surface area (Å²) >= 11 is 1.53. The van der Waals surface area contributed by atoms with Gasteiger partial charge in [-0.3, -0.25) is 4.79 Å². The number of hydrogen-bond donors (Lipinski definition) is 1. The number of benzene rings is 1. The highest BCUT2D eigenvalue weighted by Gasteiger charge is 2.20. The molecule has 2 heterocycles. The second-order valence-electron chi connectivity index (χ2n) is 7.50. The summed E-state index contributed by atoms with van der Waals surface area (Å²) in [6, 6.07) is 11.7. The third-order valence-electron chi connectivity index (χ3n) is 4.29. The largest absolute Gasteiger partial charge is 0.481 e. The molecule has 1 aromatic carbocycles. The number of carbonyl (C=O) groups is 1. The van der Waals surface area contributed by atoms with Gasteiger partial charge < -0.3 is 14.6 Å². The third kappa shape index (κ3) is 4.98. The van der Waals surface area contributed by atoms with E-state index in [1.165, 1.54) is 16.9 Å². The van der Waals surface area contributed by atoms with Gasteiger partial charge in [0.15, 0.2) is 6.10 Å². The Hall–Kier alpha value is -2.67. The first kappa shape index (κ1) is 20.1. The molecule has 6 nitrogen and oxygen atoms in total. The van der Waals surface area contributed by atoms with Crippen molar-refractivity contribution in [3.05, 3.63) is 53.2 Å². The Kier molecular flexibility index (Phi) is 6.14. The van der Waals surface area contributed by atoms with Crippen LogP contribution in [0.3, 0.4) is 0 Å². The van der Waals surface area contributed by atoms with Crippen LogP contribution in [0, 0.1) is 0 Å². The molecule has 0 aliphatic rings. The molecule has 0 aliphatic carbocycles. The lowest BCUT2D eigenvalue weighted by molar-refractivity contribution is -0.128. The molecule has 0 saturated carbocycles. The Balaban J connectivity index is 1.56. The van der Waals surface area contributed by atoms with E-state index in [9.17, 15) is 4.79 Å². The molecule has 0 radical (unpaired) electrons. The summed E-state index contributed by atoms with van der Waals surface area (Å²) in [5.74, 6) is 1.36. The fourth-order valence-corrected chi connectivity index (χ4v) is 3.28. The van der Waals surface area contributed by atoms with E-state index in [-0.39, 0.29) is 17.9 Å². The van der Waals surface area contributed by atoms with Crippen LogP contribution >= 0.6 is 11.3 Å². The Bertz CT molecular complexity index is 896. The minimum atomic E-state index is -0.583. The topological polar surface area (TPSA) is 77.2 Å². The molecule has 3 aromatic rings. The standard InChI is InChI=1S/C21H25N3O3S/c1-5-16(26-15-10-8-14(9-11-15)21(2,3)4)20(25)22-13-18-23-19(24-27-18)17-7-6-12-28-17/h6-12,16H,5,13H2,1-4H3,(H,22,25)/t16-/m1/s1. The van der Waals surface area contributed by atoms with Crippen molar-refractivity contribution < 1.29 is 14.1 Å². The lowest BCUT2D eigenvalue weighted by Gasteiger charge is -2.20. The molecule has 0 unspecified atom stereocenters. The quantitative estimate of drug-likeness (QED) is 0.630. The predicted molar refractivity (Wildman–Crippen MR) is 109 cm³/mol. The van der Waals surface area contributed by atoms with E-state index in [1.807, 2.05) is 48.7 Å². The first-order valence-electron chi connectivity index (χ1n) is 9.28. The third-order valence-corrected chi connectivity index (χ3v) is 5.15. The van der Waals surface area contributed by atoms with Crippen molar-refractivity contribution >= 4 is 17.2 Å². The number of ether oxygens (including phenoxy) is 1. The second kappa shape index (κ2) is 8.56. The fraction of sp³-hybridized carbons (Fsp3) is 0.381. The van der Waals surface area contributed by atoms with Gasteiger partial charge in [0.05, 0.1) is 11.4 Å². The zero-order valence-corrected chi connectivity index (χ0v) is 17.4. The van der Waals surface area contributed by atoms with E-state index in [2.05, 4.69) is 36.2 Å². The highest BCUT2D eigenvalue weighted by atomic mass is 32.1. The summed E-state index contributed by atoms with van der Waals surface area (Å²) in [4.78, 5) is 17.7. The predicted octanol–water partition coefficient (Wildman–Crippen LogP) is 4.57. The van der Waals surface area contributed by atoms with Crippen molar-refractivity contribution in [3.8, 4) is 16.5 Å². The second-order valence-corrected chi connectivity index (χ2v) is 8.44. The normalized spacial score (nSPS) is 12.6. The van der Waals surface area contributed by atoms with Crippen molar-refractivity contribution in [3.63, 3.8) is 0 Å². The molecule has 7 heteroatoms. The molecule has 0 saturated heterocycles. The van der Waals surface area contributed by atoms with Gasteiger partial charge in [0, 0.05) is 0 Å². The molecule has 1 N–H and O–H groups in total. The molecule has 0 aliphatic heterocycles. The van der Waals surface area contributed by atoms with Crippen LogP contribution in [0.25, 0.3) is 10.7 Å². The Morgan fingerprint density at radius 2 is 2.00 bits per heavy atom. The van der Waals surface area contributed by atoms with Gasteiger partial charge >= 0.3 is 0 Å². The van der Waals surface area contributed by atoms with Crippen LogP contribution in [0.5, 0.6) is 5.75 Å². The zero-order valence-electron chi connectivity index (χ0n) is 16.6. The number of nitrogens with one attached hydrogen (secondary N) is 1. The van der Waals surface area contributed by atoms with Gasteiger partial charge in [0.25, 0.3) is 5.91 Å². The van der Waals surface area contributed by atoms with E-state index in [1.54, 1.807) is 0 Å². The fourth-order valence-electron chi connectivity index (χ4n) is 2.63. The van der Waals surface area contributed by atoms with Crippen molar-refractivity contribution in [1.82, 2.24) is 15.5 Å². The molecule has 28 heavy (non-hydrogen) atoms. The lowest BCUT2D eigenvalue weighted by Crippen LogP contribution is -2.37. The van der Waals surface area contributed by atoms with Crippen LogP contribution in [-0.4, -0.2) is 22.2 Å². The van der Waals surface area contributed by atoms with Crippen LogP contribution < -0.4 is 10.1 Å². The van der Waals surface area contributed by atoms with Crippen LogP contribution in [0.1, 0.15) is 45.6 Å². The Labute approximate surface area is 168 Å². The van der Waals surface area contributed by atoms with Crippen LogP contribution in [0.4, 0.5) is 0 Å². The van der Waals surface area contributed by atoms with Gasteiger partial charge in [-0.25, -0.2) is 0 Å². The van der Waals surface area contributed by atoms with Gasteiger partial charge in [0.1, 0.15) is 5.75 Å². The van der Waals surface area contributed by atoms with Gasteiger partial charge in [-0.1, -0.05) is 51.1 Å². The molecule has 0 fully saturated rings. The molecular formula is C21H25N3O3S. The number of hydrogen-bond acceptors (Lipinski definition) is 6. The average molecular weight is 400 g/mol. The van der Waals surface area contributed by atoms with Gasteiger partial charge in [-0.2, -0.15) is 4.98 Å². The smallest absolute Gasteiger partial charge is 0.261 e. The maximum absolute atomic E-state index is 12.5. The minimum Gasteiger partial charge on any atom is -0.481 e. The number of rotatable bonds is 7. The number of aromatic nitrogens is 2. The van der Waals surface area contributed by atoms with E-state index < -0.39 is 6.10 Å². The summed E-state index contributed by atoms with van der Waals surface area (Å²) in [5.41, 5.74) is 1.29. The van der Waals surface area contributed by atoms with Crippen molar-refractivity contribution in [2.75, 3.05) is 0 Å². The minimum absolute atomic E-state index is 0.0755. The summed E-state index contributed by atoms with van der Waals surface area (Å²) in [7, 11) is 0. The van der Waals surface area contributed by atoms with Crippen molar-refractivity contribution in [1.29, 1.82) is 0 Å². The molecule has 1 atom stereocenters. The van der Waals surface area contributed by atoms with E-state index in [0.29, 0.717) is 23.9 Å². The Morgan fingerprint density at radius 3 is 2.61 bits per heavy atom. The van der Waals surface area contributed by atoms with Gasteiger partial charge in [-0.15, -0.1) is 11.3 Å². The molecule has 1 amide bonds. The van der Waals surface area contributed by atoms with Gasteiger partial charge in [0.2, 0.25) is 11.7 Å². The first-order valence-corrected chi connectivity index (χ1v) is 10.2. The summed E-state index contributed by atoms with van der Waals surface area (Å²) in [6.07, 6.45) is -0.0305. The van der Waals surface area contributed by atoms with Crippen LogP contribution in [0.2, 0.25) is 0 Å².